The van der Waals surface area contributed by atoms with E-state index in [-0.39, 0.29) is 41.3 Å². The number of fused-ring (bicyclic) bond motifs is 3. The van der Waals surface area contributed by atoms with Gasteiger partial charge in [-0.2, -0.15) is 0 Å². The largest absolute Gasteiger partial charge is 0.478 e. The SMILES string of the molecule is CC(C)(CNC(=O)OCC1c2ccccc2-c2ccccc21)C(=O)Nc1ccc(C(=O)O)cc1Cl. The minimum atomic E-state index is -1.11. The Morgan fingerprint density at radius 1 is 0.971 bits per heavy atom. The molecule has 4 rings (SSSR count). The van der Waals surface area contributed by atoms with Gasteiger partial charge in [-0.05, 0) is 54.3 Å². The third-order valence-electron chi connectivity index (χ3n) is 6.10. The number of amides is 2. The predicted molar refractivity (Wildman–Crippen MR) is 134 cm³/mol. The summed E-state index contributed by atoms with van der Waals surface area (Å²) in [5, 5.41) is 14.5. The van der Waals surface area contributed by atoms with Gasteiger partial charge >= 0.3 is 12.1 Å². The van der Waals surface area contributed by atoms with Crippen molar-refractivity contribution in [2.24, 2.45) is 5.41 Å². The normalized spacial score (nSPS) is 12.4. The number of carboxylic acid groups (broad SMARTS) is 1. The van der Waals surface area contributed by atoms with Gasteiger partial charge in [-0.15, -0.1) is 0 Å². The summed E-state index contributed by atoms with van der Waals surface area (Å²) in [6.45, 7) is 3.55. The molecule has 0 spiro atoms. The van der Waals surface area contributed by atoms with Crippen LogP contribution in [0.25, 0.3) is 11.1 Å². The van der Waals surface area contributed by atoms with Crippen LogP contribution < -0.4 is 10.6 Å². The van der Waals surface area contributed by atoms with Crippen molar-refractivity contribution in [3.8, 4) is 11.1 Å². The highest BCUT2D eigenvalue weighted by atomic mass is 35.5. The summed E-state index contributed by atoms with van der Waals surface area (Å²) in [7, 11) is 0. The standard InChI is InChI=1S/C27H25ClN2O5/c1-27(2,25(33)30-23-12-11-16(24(31)32)13-22(23)28)15-29-26(34)35-14-21-19-9-5-3-7-17(19)18-8-4-6-10-20(18)21/h3-13,21H,14-15H2,1-2H3,(H,29,34)(H,30,33)(H,31,32). The van der Waals surface area contributed by atoms with E-state index >= 15 is 0 Å². The van der Waals surface area contributed by atoms with Crippen LogP contribution in [-0.4, -0.2) is 36.2 Å². The number of halogens is 1. The molecule has 3 N–H and O–H groups in total. The fraction of sp³-hybridized carbons (Fsp3) is 0.222. The van der Waals surface area contributed by atoms with Crippen LogP contribution in [-0.2, 0) is 9.53 Å². The quantitative estimate of drug-likeness (QED) is 0.401. The molecule has 35 heavy (non-hydrogen) atoms. The molecule has 0 bridgehead atoms. The van der Waals surface area contributed by atoms with Crippen molar-refractivity contribution in [3.63, 3.8) is 0 Å². The maximum Gasteiger partial charge on any atom is 0.407 e. The van der Waals surface area contributed by atoms with Crippen LogP contribution in [0.1, 0.15) is 41.3 Å². The molecule has 1 aliphatic carbocycles. The first-order valence-corrected chi connectivity index (χ1v) is 11.5. The molecule has 0 aromatic heterocycles. The van der Waals surface area contributed by atoms with E-state index in [2.05, 4.69) is 22.8 Å². The first-order valence-electron chi connectivity index (χ1n) is 11.1. The van der Waals surface area contributed by atoms with Gasteiger partial charge in [0.1, 0.15) is 6.61 Å². The number of rotatable bonds is 7. The van der Waals surface area contributed by atoms with E-state index in [1.54, 1.807) is 13.8 Å². The van der Waals surface area contributed by atoms with Crippen LogP contribution >= 0.6 is 11.6 Å². The molecule has 0 unspecified atom stereocenters. The lowest BCUT2D eigenvalue weighted by Crippen LogP contribution is -2.42. The number of hydrogen-bond donors (Lipinski definition) is 3. The number of carbonyl (C=O) groups is 3. The number of anilines is 1. The second-order valence-corrected chi connectivity index (χ2v) is 9.42. The zero-order valence-corrected chi connectivity index (χ0v) is 20.1. The third-order valence-corrected chi connectivity index (χ3v) is 6.41. The predicted octanol–water partition coefficient (Wildman–Crippen LogP) is 5.54. The van der Waals surface area contributed by atoms with Crippen LogP contribution in [0.5, 0.6) is 0 Å². The number of nitrogens with one attached hydrogen (secondary N) is 2. The minimum absolute atomic E-state index is 0.0178. The van der Waals surface area contributed by atoms with Gasteiger partial charge < -0.3 is 20.5 Å². The summed E-state index contributed by atoms with van der Waals surface area (Å²) in [5.74, 6) is -1.56. The van der Waals surface area contributed by atoms with Gasteiger partial charge in [-0.25, -0.2) is 9.59 Å². The van der Waals surface area contributed by atoms with Gasteiger partial charge in [0.15, 0.2) is 0 Å². The molecule has 7 nitrogen and oxygen atoms in total. The fourth-order valence-corrected chi connectivity index (χ4v) is 4.29. The number of carboxylic acids is 1. The molecule has 0 aliphatic heterocycles. The average Bonchev–Trinajstić information content (AvgIpc) is 3.16. The van der Waals surface area contributed by atoms with E-state index in [0.717, 1.165) is 22.3 Å². The maximum atomic E-state index is 12.8. The van der Waals surface area contributed by atoms with Gasteiger partial charge in [-0.3, -0.25) is 4.79 Å². The fourth-order valence-electron chi connectivity index (χ4n) is 4.06. The van der Waals surface area contributed by atoms with Crippen molar-refractivity contribution in [3.05, 3.63) is 88.4 Å². The zero-order valence-electron chi connectivity index (χ0n) is 19.3. The Balaban J connectivity index is 1.34. The van der Waals surface area contributed by atoms with Crippen molar-refractivity contribution < 1.29 is 24.2 Å². The van der Waals surface area contributed by atoms with Crippen LogP contribution in [0.2, 0.25) is 5.02 Å². The second kappa shape index (κ2) is 9.80. The molecule has 0 heterocycles. The van der Waals surface area contributed by atoms with Gasteiger partial charge in [0.2, 0.25) is 5.91 Å². The molecule has 0 atom stereocenters. The monoisotopic (exact) mass is 492 g/mol. The topological polar surface area (TPSA) is 105 Å². The highest BCUT2D eigenvalue weighted by Gasteiger charge is 2.31. The molecule has 180 valence electrons. The highest BCUT2D eigenvalue weighted by molar-refractivity contribution is 6.34. The van der Waals surface area contributed by atoms with Crippen molar-refractivity contribution in [2.45, 2.75) is 19.8 Å². The van der Waals surface area contributed by atoms with Crippen molar-refractivity contribution >= 4 is 35.3 Å². The summed E-state index contributed by atoms with van der Waals surface area (Å²) in [4.78, 5) is 36.3. The van der Waals surface area contributed by atoms with Crippen LogP contribution in [0, 0.1) is 5.41 Å². The molecule has 0 saturated heterocycles. The zero-order chi connectivity index (χ0) is 25.2. The number of alkyl carbamates (subject to hydrolysis) is 1. The second-order valence-electron chi connectivity index (χ2n) is 9.02. The van der Waals surface area contributed by atoms with Gasteiger partial charge in [0, 0.05) is 12.5 Å². The molecule has 1 aliphatic rings. The first kappa shape index (κ1) is 24.3. The van der Waals surface area contributed by atoms with E-state index in [4.69, 9.17) is 21.4 Å². The molecule has 8 heteroatoms. The minimum Gasteiger partial charge on any atom is -0.478 e. The summed E-state index contributed by atoms with van der Waals surface area (Å²) >= 11 is 6.10. The van der Waals surface area contributed by atoms with Crippen LogP contribution in [0.4, 0.5) is 10.5 Å². The number of carbonyl (C=O) groups excluding carboxylic acids is 2. The van der Waals surface area contributed by atoms with E-state index in [9.17, 15) is 14.4 Å². The lowest BCUT2D eigenvalue weighted by Gasteiger charge is -2.24. The van der Waals surface area contributed by atoms with Crippen LogP contribution in [0.3, 0.4) is 0 Å². The molecule has 3 aromatic carbocycles. The van der Waals surface area contributed by atoms with Gasteiger partial charge in [-0.1, -0.05) is 60.1 Å². The highest BCUT2D eigenvalue weighted by Crippen LogP contribution is 2.44. The first-order chi connectivity index (χ1) is 16.7. The Bertz CT molecular complexity index is 1260. The average molecular weight is 493 g/mol. The molecule has 0 saturated carbocycles. The van der Waals surface area contributed by atoms with E-state index in [1.165, 1.54) is 18.2 Å². The Morgan fingerprint density at radius 2 is 1.57 bits per heavy atom. The molecular formula is C27H25ClN2O5. The third kappa shape index (κ3) is 5.15. The Labute approximate surface area is 208 Å². The van der Waals surface area contributed by atoms with E-state index in [0.29, 0.717) is 0 Å². The molecule has 3 aromatic rings. The van der Waals surface area contributed by atoms with E-state index < -0.39 is 17.5 Å². The van der Waals surface area contributed by atoms with E-state index in [1.807, 2.05) is 36.4 Å². The van der Waals surface area contributed by atoms with Crippen LogP contribution in [0.15, 0.2) is 66.7 Å². The number of hydrogen-bond acceptors (Lipinski definition) is 4. The van der Waals surface area contributed by atoms with Gasteiger partial charge in [0.05, 0.1) is 21.7 Å². The Kier molecular flexibility index (Phi) is 6.80. The number of aromatic carboxylic acids is 1. The van der Waals surface area contributed by atoms with Gasteiger partial charge in [0.25, 0.3) is 0 Å². The van der Waals surface area contributed by atoms with Crippen molar-refractivity contribution in [1.82, 2.24) is 5.32 Å². The Hall–Kier alpha value is -3.84. The van der Waals surface area contributed by atoms with Crippen molar-refractivity contribution in [2.75, 3.05) is 18.5 Å². The Morgan fingerprint density at radius 3 is 2.14 bits per heavy atom. The lowest BCUT2D eigenvalue weighted by atomic mass is 9.92. The molecule has 0 fully saturated rings. The molecule has 2 amide bonds. The lowest BCUT2D eigenvalue weighted by molar-refractivity contribution is -0.123. The van der Waals surface area contributed by atoms with Crippen molar-refractivity contribution in [1.29, 1.82) is 0 Å². The maximum absolute atomic E-state index is 12.8. The molecule has 0 radical (unpaired) electrons. The number of ether oxygens (including phenoxy) is 1. The summed E-state index contributed by atoms with van der Waals surface area (Å²) < 4.78 is 5.53. The summed E-state index contributed by atoms with van der Waals surface area (Å²) in [6, 6.07) is 20.2. The molecular weight excluding hydrogens is 468 g/mol. The summed E-state index contributed by atoms with van der Waals surface area (Å²) in [6.07, 6.45) is -0.614. The smallest absolute Gasteiger partial charge is 0.407 e. The summed E-state index contributed by atoms with van der Waals surface area (Å²) in [5.41, 5.74) is 3.84. The number of benzene rings is 3.